The van der Waals surface area contributed by atoms with Gasteiger partial charge < -0.3 is 14.8 Å². The number of nitrogens with one attached hydrogen (secondary N) is 1. The molecule has 1 aromatic rings. The van der Waals surface area contributed by atoms with E-state index in [9.17, 15) is 4.79 Å². The van der Waals surface area contributed by atoms with Gasteiger partial charge in [-0.3, -0.25) is 4.79 Å². The van der Waals surface area contributed by atoms with Gasteiger partial charge in [-0.1, -0.05) is 18.5 Å². The van der Waals surface area contributed by atoms with E-state index >= 15 is 0 Å². The van der Waals surface area contributed by atoms with Gasteiger partial charge in [-0.2, -0.15) is 0 Å². The van der Waals surface area contributed by atoms with Gasteiger partial charge in [0.25, 0.3) is 0 Å². The van der Waals surface area contributed by atoms with Gasteiger partial charge >= 0.3 is 0 Å². The monoisotopic (exact) mass is 365 g/mol. The zero-order valence-electron chi connectivity index (χ0n) is 15.5. The zero-order valence-corrected chi connectivity index (χ0v) is 16.2. The Morgan fingerprint density at radius 3 is 2.56 bits per heavy atom. The molecular weight excluding hydrogens is 338 g/mol. The van der Waals surface area contributed by atoms with Crippen LogP contribution in [0.15, 0.2) is 18.2 Å². The lowest BCUT2D eigenvalue weighted by atomic mass is 9.87. The van der Waals surface area contributed by atoms with E-state index in [1.54, 1.807) is 25.3 Å². The SMILES string of the molecule is COc1cc(C=CC(=O)NC2CCC(C)CC2)cc(Cl)c1OC(C)C. The zero-order chi connectivity index (χ0) is 18.4. The van der Waals surface area contributed by atoms with Crippen molar-refractivity contribution in [3.63, 3.8) is 0 Å². The standard InChI is InChI=1S/C20H28ClNO3/c1-13(2)25-20-17(21)11-15(12-18(20)24-4)7-10-19(23)22-16-8-5-14(3)6-9-16/h7,10-14,16H,5-6,8-9H2,1-4H3,(H,22,23). The predicted molar refractivity (Wildman–Crippen MR) is 102 cm³/mol. The Morgan fingerprint density at radius 2 is 1.96 bits per heavy atom. The van der Waals surface area contributed by atoms with Gasteiger partial charge in [0.15, 0.2) is 11.5 Å². The van der Waals surface area contributed by atoms with Gasteiger partial charge in [0, 0.05) is 12.1 Å². The topological polar surface area (TPSA) is 47.6 Å². The van der Waals surface area contributed by atoms with E-state index in [0.717, 1.165) is 24.3 Å². The first-order valence-electron chi connectivity index (χ1n) is 8.91. The molecule has 0 aliphatic heterocycles. The Bertz CT molecular complexity index is 620. The molecule has 1 aliphatic carbocycles. The van der Waals surface area contributed by atoms with Gasteiger partial charge in [0.1, 0.15) is 0 Å². The fourth-order valence-electron chi connectivity index (χ4n) is 3.01. The molecular formula is C20H28ClNO3. The summed E-state index contributed by atoms with van der Waals surface area (Å²) in [6, 6.07) is 3.87. The van der Waals surface area contributed by atoms with Crippen LogP contribution in [0.4, 0.5) is 0 Å². The first kappa shape index (κ1) is 19.6. The summed E-state index contributed by atoms with van der Waals surface area (Å²) in [5, 5.41) is 3.54. The number of methoxy groups -OCH3 is 1. The molecule has 1 N–H and O–H groups in total. The van der Waals surface area contributed by atoms with E-state index in [1.807, 2.05) is 19.9 Å². The average Bonchev–Trinajstić information content (AvgIpc) is 2.56. The van der Waals surface area contributed by atoms with E-state index in [0.29, 0.717) is 16.5 Å². The molecule has 25 heavy (non-hydrogen) atoms. The van der Waals surface area contributed by atoms with Crippen LogP contribution >= 0.6 is 11.6 Å². The minimum absolute atomic E-state index is 0.00298. The molecule has 0 unspecified atom stereocenters. The van der Waals surface area contributed by atoms with Crippen molar-refractivity contribution < 1.29 is 14.3 Å². The van der Waals surface area contributed by atoms with Crippen LogP contribution in [0.3, 0.4) is 0 Å². The summed E-state index contributed by atoms with van der Waals surface area (Å²) in [6.45, 7) is 6.13. The molecule has 2 rings (SSSR count). The van der Waals surface area contributed by atoms with E-state index in [-0.39, 0.29) is 18.1 Å². The Labute approximate surface area is 155 Å². The number of carbonyl (C=O) groups is 1. The van der Waals surface area contributed by atoms with Crippen molar-refractivity contribution in [1.82, 2.24) is 5.32 Å². The lowest BCUT2D eigenvalue weighted by Gasteiger charge is -2.26. The lowest BCUT2D eigenvalue weighted by Crippen LogP contribution is -2.36. The number of hydrogen-bond acceptors (Lipinski definition) is 3. The predicted octanol–water partition coefficient (Wildman–Crippen LogP) is 4.84. The number of halogens is 1. The summed E-state index contributed by atoms with van der Waals surface area (Å²) in [4.78, 5) is 12.1. The molecule has 0 atom stereocenters. The molecule has 4 nitrogen and oxygen atoms in total. The van der Waals surface area contributed by atoms with Crippen molar-refractivity contribution >= 4 is 23.6 Å². The van der Waals surface area contributed by atoms with E-state index in [4.69, 9.17) is 21.1 Å². The van der Waals surface area contributed by atoms with Crippen LogP contribution in [-0.2, 0) is 4.79 Å². The molecule has 0 spiro atoms. The molecule has 1 saturated carbocycles. The average molecular weight is 366 g/mol. The van der Waals surface area contributed by atoms with E-state index < -0.39 is 0 Å². The first-order valence-corrected chi connectivity index (χ1v) is 9.29. The highest BCUT2D eigenvalue weighted by Crippen LogP contribution is 2.37. The summed E-state index contributed by atoms with van der Waals surface area (Å²) in [5.74, 6) is 1.78. The summed E-state index contributed by atoms with van der Waals surface area (Å²) < 4.78 is 11.1. The van der Waals surface area contributed by atoms with Crippen molar-refractivity contribution in [2.75, 3.05) is 7.11 Å². The fraction of sp³-hybridized carbons (Fsp3) is 0.550. The van der Waals surface area contributed by atoms with Gasteiger partial charge in [-0.25, -0.2) is 0 Å². The maximum absolute atomic E-state index is 12.1. The molecule has 0 radical (unpaired) electrons. The number of benzene rings is 1. The quantitative estimate of drug-likeness (QED) is 0.733. The van der Waals surface area contributed by atoms with Crippen LogP contribution in [0.2, 0.25) is 5.02 Å². The summed E-state index contributed by atoms with van der Waals surface area (Å²) >= 11 is 6.30. The number of ether oxygens (including phenoxy) is 2. The summed E-state index contributed by atoms with van der Waals surface area (Å²) in [7, 11) is 1.57. The van der Waals surface area contributed by atoms with Crippen LogP contribution in [0, 0.1) is 5.92 Å². The Balaban J connectivity index is 2.02. The third-order valence-electron chi connectivity index (χ3n) is 4.39. The number of carbonyl (C=O) groups excluding carboxylic acids is 1. The van der Waals surface area contributed by atoms with Crippen molar-refractivity contribution in [3.8, 4) is 11.5 Å². The maximum atomic E-state index is 12.1. The highest BCUT2D eigenvalue weighted by Gasteiger charge is 2.19. The molecule has 1 aliphatic rings. The highest BCUT2D eigenvalue weighted by atomic mass is 35.5. The van der Waals surface area contributed by atoms with Gasteiger partial charge in [-0.05, 0) is 69.2 Å². The van der Waals surface area contributed by atoms with Crippen LogP contribution in [0.1, 0.15) is 52.0 Å². The van der Waals surface area contributed by atoms with Gasteiger partial charge in [-0.15, -0.1) is 0 Å². The lowest BCUT2D eigenvalue weighted by molar-refractivity contribution is -0.117. The first-order chi connectivity index (χ1) is 11.9. The second kappa shape index (κ2) is 9.14. The van der Waals surface area contributed by atoms with Crippen LogP contribution in [-0.4, -0.2) is 25.2 Å². The normalized spacial score (nSPS) is 20.7. The van der Waals surface area contributed by atoms with E-state index in [2.05, 4.69) is 12.2 Å². The molecule has 0 bridgehead atoms. The minimum atomic E-state index is -0.0721. The third-order valence-corrected chi connectivity index (χ3v) is 4.68. The Morgan fingerprint density at radius 1 is 1.28 bits per heavy atom. The maximum Gasteiger partial charge on any atom is 0.244 e. The molecule has 1 fully saturated rings. The van der Waals surface area contributed by atoms with Gasteiger partial charge in [0.2, 0.25) is 5.91 Å². The van der Waals surface area contributed by atoms with Crippen LogP contribution in [0.5, 0.6) is 11.5 Å². The molecule has 0 saturated heterocycles. The van der Waals surface area contributed by atoms with Gasteiger partial charge in [0.05, 0.1) is 18.2 Å². The second-order valence-electron chi connectivity index (χ2n) is 7.00. The van der Waals surface area contributed by atoms with Crippen molar-refractivity contribution in [3.05, 3.63) is 28.8 Å². The number of rotatable bonds is 6. The molecule has 0 aromatic heterocycles. The molecule has 1 aromatic carbocycles. The highest BCUT2D eigenvalue weighted by molar-refractivity contribution is 6.32. The summed E-state index contributed by atoms with van der Waals surface area (Å²) in [5.41, 5.74) is 0.797. The number of hydrogen-bond donors (Lipinski definition) is 1. The minimum Gasteiger partial charge on any atom is -0.493 e. The summed E-state index contributed by atoms with van der Waals surface area (Å²) in [6.07, 6.45) is 7.76. The smallest absolute Gasteiger partial charge is 0.244 e. The molecule has 5 heteroatoms. The van der Waals surface area contributed by atoms with Crippen LogP contribution in [0.25, 0.3) is 6.08 Å². The second-order valence-corrected chi connectivity index (χ2v) is 7.41. The molecule has 1 amide bonds. The molecule has 138 valence electrons. The fourth-order valence-corrected chi connectivity index (χ4v) is 3.28. The third kappa shape index (κ3) is 5.96. The van der Waals surface area contributed by atoms with Crippen LogP contribution < -0.4 is 14.8 Å². The van der Waals surface area contributed by atoms with E-state index in [1.165, 1.54) is 12.8 Å². The number of amides is 1. The van der Waals surface area contributed by atoms with Crippen molar-refractivity contribution in [1.29, 1.82) is 0 Å². The largest absolute Gasteiger partial charge is 0.493 e. The Hall–Kier alpha value is -1.68. The molecule has 0 heterocycles. The Kier molecular flexibility index (Phi) is 7.18. The van der Waals surface area contributed by atoms with Crippen molar-refractivity contribution in [2.45, 2.75) is 58.6 Å². The van der Waals surface area contributed by atoms with Crippen molar-refractivity contribution in [2.24, 2.45) is 5.92 Å².